The summed E-state index contributed by atoms with van der Waals surface area (Å²) in [5.41, 5.74) is 18.4. The van der Waals surface area contributed by atoms with Crippen LogP contribution >= 0.6 is 0 Å². The summed E-state index contributed by atoms with van der Waals surface area (Å²) >= 11 is 0. The molecule has 0 aromatic rings. The van der Waals surface area contributed by atoms with Crippen LogP contribution in [0.2, 0.25) is 0 Å². The zero-order valence-corrected chi connectivity index (χ0v) is 13.0. The Balaban J connectivity index is 4.21. The minimum absolute atomic E-state index is 0.0626. The van der Waals surface area contributed by atoms with Gasteiger partial charge < -0.3 is 10.6 Å². The number of hydrogen-bond acceptors (Lipinski definition) is 3. The Kier molecular flexibility index (Phi) is 9.78. The van der Waals surface area contributed by atoms with E-state index in [2.05, 4.69) is 25.9 Å². The fraction of sp³-hybridized carbons (Fsp3) is 0.692. The summed E-state index contributed by atoms with van der Waals surface area (Å²) in [6.45, 7) is 8.47. The Morgan fingerprint density at radius 1 is 1.29 bits per heavy atom. The van der Waals surface area contributed by atoms with Crippen LogP contribution in [0.1, 0.15) is 39.5 Å². The van der Waals surface area contributed by atoms with E-state index in [-0.39, 0.29) is 11.9 Å². The van der Waals surface area contributed by atoms with E-state index in [1.807, 2.05) is 0 Å². The van der Waals surface area contributed by atoms with E-state index in [0.29, 0.717) is 12.5 Å². The van der Waals surface area contributed by atoms with Gasteiger partial charge in [-0.25, -0.2) is 10.3 Å². The van der Waals surface area contributed by atoms with Crippen LogP contribution in [-0.2, 0) is 9.68 Å². The number of hydroxylamine groups is 2. The van der Waals surface area contributed by atoms with Crippen LogP contribution in [0.4, 0.5) is 0 Å². The molecule has 0 heterocycles. The molecule has 0 amide bonds. The largest absolute Gasteiger partial charge is 0.380 e. The van der Waals surface area contributed by atoms with Gasteiger partial charge in [0.15, 0.2) is 0 Å². The number of nitrogens with zero attached hydrogens (tertiary/aromatic N) is 1. The predicted octanol–water partition coefficient (Wildman–Crippen LogP) is 0.347. The van der Waals surface area contributed by atoms with Gasteiger partial charge in [0.05, 0.1) is 0 Å². The Morgan fingerprint density at radius 2 is 1.95 bits per heavy atom. The zero-order valence-electron chi connectivity index (χ0n) is 13.0. The number of rotatable bonds is 11. The summed E-state index contributed by atoms with van der Waals surface area (Å²) in [5, 5.41) is 7.04. The fourth-order valence-electron chi connectivity index (χ4n) is 1.60. The van der Waals surface area contributed by atoms with Gasteiger partial charge in [-0.3, -0.25) is 16.9 Å². The third-order valence-electron chi connectivity index (χ3n) is 2.63. The Hall–Kier alpha value is -1.96. The third-order valence-corrected chi connectivity index (χ3v) is 2.63. The smallest absolute Gasteiger partial charge is 0.368 e. The van der Waals surface area contributed by atoms with Crippen molar-refractivity contribution >= 4 is 11.9 Å². The molecule has 0 bridgehead atoms. The number of guanidine groups is 2. The van der Waals surface area contributed by atoms with E-state index in [1.54, 1.807) is 0 Å². The van der Waals surface area contributed by atoms with Gasteiger partial charge in [0, 0.05) is 0 Å². The Labute approximate surface area is 126 Å². The van der Waals surface area contributed by atoms with Gasteiger partial charge in [0.25, 0.3) is 6.23 Å². The number of hydrogen-bond donors (Lipinski definition) is 5. The van der Waals surface area contributed by atoms with E-state index in [0.717, 1.165) is 19.3 Å². The lowest BCUT2D eigenvalue weighted by Gasteiger charge is -2.17. The molecular weight excluding hydrogens is 272 g/mol. The predicted molar refractivity (Wildman–Crippen MR) is 83.0 cm³/mol. The van der Waals surface area contributed by atoms with Gasteiger partial charge in [0.2, 0.25) is 5.96 Å². The van der Waals surface area contributed by atoms with Crippen LogP contribution in [-0.4, -0.2) is 29.5 Å². The first-order valence-corrected chi connectivity index (χ1v) is 7.06. The maximum Gasteiger partial charge on any atom is 0.380 e. The Bertz CT molecular complexity index is 353. The van der Waals surface area contributed by atoms with Crippen molar-refractivity contribution in [3.05, 3.63) is 12.7 Å². The normalized spacial score (nSPS) is 11.8. The minimum atomic E-state index is -0.783. The molecule has 0 saturated heterocycles. The van der Waals surface area contributed by atoms with Crippen molar-refractivity contribution < 1.29 is 14.4 Å². The van der Waals surface area contributed by atoms with Crippen molar-refractivity contribution in [2.24, 2.45) is 23.1 Å². The zero-order chi connectivity index (χ0) is 16.3. The molecule has 1 unspecified atom stereocenters. The standard InChI is InChI=1S/C13H28N6O2/c1-4-11(21-18-12(14)15)19(13(16)17)20-9-7-5-6-8-10(2)3/h4,10-11H,1,5-9H2,2-3H3,(H7,14,15,16,17,18)/p+1. The summed E-state index contributed by atoms with van der Waals surface area (Å²) in [7, 11) is 0. The molecule has 122 valence electrons. The minimum Gasteiger partial charge on any atom is -0.368 e. The van der Waals surface area contributed by atoms with E-state index < -0.39 is 6.23 Å². The number of nitrogens with one attached hydrogen (secondary N) is 2. The summed E-state index contributed by atoms with van der Waals surface area (Å²) in [4.78, 5) is 10.6. The van der Waals surface area contributed by atoms with Gasteiger partial charge in [-0.1, -0.05) is 38.0 Å². The molecule has 8 nitrogen and oxygen atoms in total. The Morgan fingerprint density at radius 3 is 2.43 bits per heavy atom. The molecule has 8 heteroatoms. The SMILES string of the molecule is C=CC(ONC(=N)N)[N+](OCCCCCC(C)C)=C(N)N. The van der Waals surface area contributed by atoms with Gasteiger partial charge >= 0.3 is 5.96 Å². The maximum atomic E-state index is 7.04. The van der Waals surface area contributed by atoms with Crippen molar-refractivity contribution in [3.8, 4) is 0 Å². The molecule has 0 spiro atoms. The lowest BCUT2D eigenvalue weighted by molar-refractivity contribution is -0.830. The van der Waals surface area contributed by atoms with Crippen molar-refractivity contribution in [3.63, 3.8) is 0 Å². The first-order valence-electron chi connectivity index (χ1n) is 7.06. The second-order valence-electron chi connectivity index (χ2n) is 5.09. The van der Waals surface area contributed by atoms with Crippen LogP contribution in [0.5, 0.6) is 0 Å². The highest BCUT2D eigenvalue weighted by molar-refractivity contribution is 5.73. The summed E-state index contributed by atoms with van der Waals surface area (Å²) in [6, 6.07) is 0. The van der Waals surface area contributed by atoms with Crippen LogP contribution in [0.25, 0.3) is 0 Å². The molecule has 0 fully saturated rings. The molecule has 0 aliphatic rings. The number of nitrogens with two attached hydrogens (primary N) is 3. The molecule has 0 radical (unpaired) electrons. The second kappa shape index (κ2) is 10.8. The molecule has 0 saturated carbocycles. The lowest BCUT2D eigenvalue weighted by Crippen LogP contribution is -2.45. The first kappa shape index (κ1) is 19.0. The van der Waals surface area contributed by atoms with E-state index in [9.17, 15) is 0 Å². The van der Waals surface area contributed by atoms with Gasteiger partial charge in [-0.15, -0.1) is 0 Å². The first-order chi connectivity index (χ1) is 9.88. The van der Waals surface area contributed by atoms with E-state index in [1.165, 1.54) is 17.2 Å². The third kappa shape index (κ3) is 9.55. The van der Waals surface area contributed by atoms with Gasteiger partial charge in [-0.05, 0) is 24.8 Å². The monoisotopic (exact) mass is 301 g/mol. The van der Waals surface area contributed by atoms with Crippen LogP contribution in [0.15, 0.2) is 12.7 Å². The van der Waals surface area contributed by atoms with Crippen molar-refractivity contribution in [2.45, 2.75) is 45.8 Å². The quantitative estimate of drug-likeness (QED) is 0.0710. The second-order valence-corrected chi connectivity index (χ2v) is 5.09. The molecule has 0 aliphatic carbocycles. The highest BCUT2D eigenvalue weighted by Crippen LogP contribution is 2.08. The molecule has 1 atom stereocenters. The van der Waals surface area contributed by atoms with Crippen LogP contribution in [0, 0.1) is 11.3 Å². The maximum absolute atomic E-state index is 7.04. The summed E-state index contributed by atoms with van der Waals surface area (Å²) in [5.74, 6) is 0.310. The van der Waals surface area contributed by atoms with E-state index >= 15 is 0 Å². The summed E-state index contributed by atoms with van der Waals surface area (Å²) in [6.07, 6.45) is 4.97. The van der Waals surface area contributed by atoms with Crippen LogP contribution in [0.3, 0.4) is 0 Å². The fourth-order valence-corrected chi connectivity index (χ4v) is 1.60. The highest BCUT2D eigenvalue weighted by Gasteiger charge is 2.18. The highest BCUT2D eigenvalue weighted by atomic mass is 16.7. The topological polar surface area (TPSA) is 135 Å². The van der Waals surface area contributed by atoms with Gasteiger partial charge in [0.1, 0.15) is 6.61 Å². The molecule has 0 aliphatic heterocycles. The van der Waals surface area contributed by atoms with Crippen LogP contribution < -0.4 is 22.7 Å². The number of unbranched alkanes of at least 4 members (excludes halogenated alkanes) is 2. The van der Waals surface area contributed by atoms with E-state index in [4.69, 9.17) is 32.3 Å². The lowest BCUT2D eigenvalue weighted by atomic mass is 10.1. The van der Waals surface area contributed by atoms with Crippen molar-refractivity contribution in [2.75, 3.05) is 6.61 Å². The van der Waals surface area contributed by atoms with Crippen molar-refractivity contribution in [1.29, 1.82) is 5.41 Å². The average Bonchev–Trinajstić information content (AvgIpc) is 2.39. The molecule has 0 aromatic carbocycles. The molecule has 0 aromatic heterocycles. The van der Waals surface area contributed by atoms with Crippen molar-refractivity contribution in [1.82, 2.24) is 5.48 Å². The summed E-state index contributed by atoms with van der Waals surface area (Å²) < 4.78 is 1.19. The average molecular weight is 301 g/mol. The molecule has 21 heavy (non-hydrogen) atoms. The molecule has 8 N–H and O–H groups in total. The molecular formula is C13H29N6O2+. The van der Waals surface area contributed by atoms with Gasteiger partial charge in [-0.2, -0.15) is 0 Å². The molecule has 0 rings (SSSR count).